The molecule has 0 radical (unpaired) electrons. The molecule has 2 aromatic carbocycles. The second kappa shape index (κ2) is 8.19. The van der Waals surface area contributed by atoms with Crippen LogP contribution in [0.5, 0.6) is 0 Å². The first kappa shape index (κ1) is 18.2. The van der Waals surface area contributed by atoms with Gasteiger partial charge in [0.1, 0.15) is 6.33 Å². The zero-order valence-electron chi connectivity index (χ0n) is 15.1. The number of aromatic nitrogens is 3. The van der Waals surface area contributed by atoms with Crippen molar-refractivity contribution in [1.82, 2.24) is 20.1 Å². The van der Waals surface area contributed by atoms with Crippen LogP contribution >= 0.6 is 11.8 Å². The summed E-state index contributed by atoms with van der Waals surface area (Å²) in [5, 5.41) is 11.8. The van der Waals surface area contributed by atoms with Crippen molar-refractivity contribution in [2.45, 2.75) is 32.0 Å². The molecule has 1 unspecified atom stereocenters. The Morgan fingerprint density at radius 3 is 2.65 bits per heavy atom. The van der Waals surface area contributed by atoms with Crippen LogP contribution in [0.2, 0.25) is 0 Å². The number of carbonyl (C=O) groups excluding carboxylic acids is 1. The van der Waals surface area contributed by atoms with Crippen molar-refractivity contribution in [2.75, 3.05) is 5.75 Å². The lowest BCUT2D eigenvalue weighted by Crippen LogP contribution is -2.28. The molecule has 0 bridgehead atoms. The molecule has 1 heterocycles. The highest BCUT2D eigenvalue weighted by Gasteiger charge is 2.13. The highest BCUT2D eigenvalue weighted by molar-refractivity contribution is 7.99. The molecule has 0 aliphatic rings. The molecule has 1 amide bonds. The Morgan fingerprint density at radius 1 is 1.15 bits per heavy atom. The van der Waals surface area contributed by atoms with Crippen molar-refractivity contribution in [3.05, 3.63) is 71.5 Å². The molecule has 5 nitrogen and oxygen atoms in total. The van der Waals surface area contributed by atoms with Gasteiger partial charge in [0, 0.05) is 5.69 Å². The van der Waals surface area contributed by atoms with E-state index in [1.807, 2.05) is 41.8 Å². The zero-order chi connectivity index (χ0) is 18.5. The summed E-state index contributed by atoms with van der Waals surface area (Å²) in [6.07, 6.45) is 1.66. The summed E-state index contributed by atoms with van der Waals surface area (Å²) in [6, 6.07) is 16.1. The van der Waals surface area contributed by atoms with Crippen LogP contribution in [0, 0.1) is 13.8 Å². The molecule has 3 rings (SSSR count). The van der Waals surface area contributed by atoms with Gasteiger partial charge in [-0.3, -0.25) is 9.36 Å². The molecular weight excluding hydrogens is 344 g/mol. The third-order valence-corrected chi connectivity index (χ3v) is 5.23. The maximum absolute atomic E-state index is 12.3. The minimum absolute atomic E-state index is 0.0247. The number of thioether (sulfide) groups is 1. The van der Waals surface area contributed by atoms with Gasteiger partial charge in [0.2, 0.25) is 5.91 Å². The van der Waals surface area contributed by atoms with Gasteiger partial charge in [0.25, 0.3) is 0 Å². The molecule has 0 aliphatic carbocycles. The molecule has 0 fully saturated rings. The maximum Gasteiger partial charge on any atom is 0.230 e. The molecule has 0 aliphatic heterocycles. The second-order valence-corrected chi connectivity index (χ2v) is 7.18. The standard InChI is InChI=1S/C20H22N4OS/c1-14-9-10-17(11-15(14)2)16(3)22-19(25)12-26-20-23-21-13-24(20)18-7-5-4-6-8-18/h4-11,13,16H,12H2,1-3H3,(H,22,25). The molecule has 3 aromatic rings. The van der Waals surface area contributed by atoms with Crippen molar-refractivity contribution in [3.63, 3.8) is 0 Å². The summed E-state index contributed by atoms with van der Waals surface area (Å²) in [5.41, 5.74) is 4.57. The van der Waals surface area contributed by atoms with Crippen LogP contribution in [0.25, 0.3) is 5.69 Å². The van der Waals surface area contributed by atoms with Gasteiger partial charge in [0.15, 0.2) is 5.16 Å². The van der Waals surface area contributed by atoms with Gasteiger partial charge in [-0.15, -0.1) is 10.2 Å². The summed E-state index contributed by atoms with van der Waals surface area (Å²) < 4.78 is 1.88. The molecule has 1 aromatic heterocycles. The summed E-state index contributed by atoms with van der Waals surface area (Å²) in [7, 11) is 0. The third kappa shape index (κ3) is 4.32. The Bertz CT molecular complexity index is 892. The lowest BCUT2D eigenvalue weighted by molar-refractivity contribution is -0.119. The smallest absolute Gasteiger partial charge is 0.230 e. The van der Waals surface area contributed by atoms with E-state index >= 15 is 0 Å². The number of amides is 1. The monoisotopic (exact) mass is 366 g/mol. The third-order valence-electron chi connectivity index (χ3n) is 4.29. The van der Waals surface area contributed by atoms with Gasteiger partial charge < -0.3 is 5.32 Å². The fraction of sp³-hybridized carbons (Fsp3) is 0.250. The van der Waals surface area contributed by atoms with Crippen LogP contribution in [0.1, 0.15) is 29.7 Å². The molecule has 0 saturated heterocycles. The summed E-state index contributed by atoms with van der Waals surface area (Å²) in [6.45, 7) is 6.17. The molecule has 26 heavy (non-hydrogen) atoms. The fourth-order valence-electron chi connectivity index (χ4n) is 2.62. The van der Waals surface area contributed by atoms with Crippen LogP contribution < -0.4 is 5.32 Å². The van der Waals surface area contributed by atoms with E-state index in [4.69, 9.17) is 0 Å². The number of benzene rings is 2. The van der Waals surface area contributed by atoms with Crippen molar-refractivity contribution >= 4 is 17.7 Å². The van der Waals surface area contributed by atoms with E-state index in [1.54, 1.807) is 6.33 Å². The molecule has 134 valence electrons. The van der Waals surface area contributed by atoms with Crippen molar-refractivity contribution in [3.8, 4) is 5.69 Å². The first-order chi connectivity index (χ1) is 12.5. The van der Waals surface area contributed by atoms with Crippen LogP contribution in [0.15, 0.2) is 60.0 Å². The highest BCUT2D eigenvalue weighted by Crippen LogP contribution is 2.20. The van der Waals surface area contributed by atoms with E-state index in [-0.39, 0.29) is 11.9 Å². The van der Waals surface area contributed by atoms with E-state index in [9.17, 15) is 4.79 Å². The summed E-state index contributed by atoms with van der Waals surface area (Å²) >= 11 is 1.38. The van der Waals surface area contributed by atoms with Crippen molar-refractivity contribution in [2.24, 2.45) is 0 Å². The molecule has 0 saturated carbocycles. The Hall–Kier alpha value is -2.60. The fourth-order valence-corrected chi connectivity index (χ4v) is 3.36. The SMILES string of the molecule is Cc1ccc(C(C)NC(=O)CSc2nncn2-c2ccccc2)cc1C. The predicted molar refractivity (Wildman–Crippen MR) is 105 cm³/mol. The average molecular weight is 366 g/mol. The zero-order valence-corrected chi connectivity index (χ0v) is 16.0. The Kier molecular flexibility index (Phi) is 5.73. The van der Waals surface area contributed by atoms with Crippen molar-refractivity contribution < 1.29 is 4.79 Å². The van der Waals surface area contributed by atoms with E-state index in [1.165, 1.54) is 22.9 Å². The van der Waals surface area contributed by atoms with Crippen molar-refractivity contribution in [1.29, 1.82) is 0 Å². The Balaban J connectivity index is 1.60. The number of para-hydroxylation sites is 1. The van der Waals surface area contributed by atoms with Crippen LogP contribution in [-0.2, 0) is 4.79 Å². The normalized spacial score (nSPS) is 12.0. The number of hydrogen-bond donors (Lipinski definition) is 1. The largest absolute Gasteiger partial charge is 0.349 e. The highest BCUT2D eigenvalue weighted by atomic mass is 32.2. The van der Waals surface area contributed by atoms with Gasteiger partial charge in [-0.05, 0) is 49.6 Å². The summed E-state index contributed by atoms with van der Waals surface area (Å²) in [4.78, 5) is 12.3. The average Bonchev–Trinajstić information content (AvgIpc) is 3.11. The molecule has 1 atom stereocenters. The first-order valence-corrected chi connectivity index (χ1v) is 9.48. The predicted octanol–water partition coefficient (Wildman–Crippen LogP) is 3.85. The van der Waals surface area contributed by atoms with Crippen LogP contribution in [0.3, 0.4) is 0 Å². The quantitative estimate of drug-likeness (QED) is 0.673. The number of nitrogens with one attached hydrogen (secondary N) is 1. The van der Waals surface area contributed by atoms with Crippen LogP contribution in [0.4, 0.5) is 0 Å². The molecule has 6 heteroatoms. The van der Waals surface area contributed by atoms with Gasteiger partial charge in [-0.2, -0.15) is 0 Å². The summed E-state index contributed by atoms with van der Waals surface area (Å²) in [5.74, 6) is 0.268. The van der Waals surface area contributed by atoms with E-state index < -0.39 is 0 Å². The Morgan fingerprint density at radius 2 is 1.92 bits per heavy atom. The number of aryl methyl sites for hydroxylation is 2. The maximum atomic E-state index is 12.3. The lowest BCUT2D eigenvalue weighted by Gasteiger charge is -2.15. The van der Waals surface area contributed by atoms with Gasteiger partial charge in [0.05, 0.1) is 11.8 Å². The van der Waals surface area contributed by atoms with Gasteiger partial charge in [-0.1, -0.05) is 48.2 Å². The van der Waals surface area contributed by atoms with Gasteiger partial charge in [-0.25, -0.2) is 0 Å². The minimum Gasteiger partial charge on any atom is -0.349 e. The van der Waals surface area contributed by atoms with E-state index in [0.29, 0.717) is 10.9 Å². The lowest BCUT2D eigenvalue weighted by atomic mass is 10.0. The molecule has 1 N–H and O–H groups in total. The van der Waals surface area contributed by atoms with E-state index in [2.05, 4.69) is 47.6 Å². The number of rotatable bonds is 6. The Labute approximate surface area is 157 Å². The second-order valence-electron chi connectivity index (χ2n) is 6.24. The van der Waals surface area contributed by atoms with Gasteiger partial charge >= 0.3 is 0 Å². The first-order valence-electron chi connectivity index (χ1n) is 8.49. The van der Waals surface area contributed by atoms with E-state index in [0.717, 1.165) is 11.3 Å². The number of carbonyl (C=O) groups is 1. The molecule has 0 spiro atoms. The number of hydrogen-bond acceptors (Lipinski definition) is 4. The number of nitrogens with zero attached hydrogens (tertiary/aromatic N) is 3. The molecular formula is C20H22N4OS. The minimum atomic E-state index is -0.0330. The van der Waals surface area contributed by atoms with Crippen LogP contribution in [-0.4, -0.2) is 26.4 Å². The topological polar surface area (TPSA) is 59.8 Å².